The zero-order valence-corrected chi connectivity index (χ0v) is 15.7. The number of para-hydroxylation sites is 1. The van der Waals surface area contributed by atoms with Crippen LogP contribution in [0.1, 0.15) is 30.5 Å². The minimum Gasteiger partial charge on any atom is -0.334 e. The molecular formula is C20H26N4O2. The molecule has 2 N–H and O–H groups in total. The van der Waals surface area contributed by atoms with Crippen LogP contribution in [0.25, 0.3) is 0 Å². The monoisotopic (exact) mass is 354 g/mol. The Morgan fingerprint density at radius 3 is 2.23 bits per heavy atom. The fourth-order valence-electron chi connectivity index (χ4n) is 2.84. The maximum atomic E-state index is 12.7. The highest BCUT2D eigenvalue weighted by Crippen LogP contribution is 2.26. The van der Waals surface area contributed by atoms with Crippen LogP contribution in [0.2, 0.25) is 0 Å². The maximum absolute atomic E-state index is 12.7. The van der Waals surface area contributed by atoms with Crippen LogP contribution in [0.15, 0.2) is 42.7 Å². The summed E-state index contributed by atoms with van der Waals surface area (Å²) in [6.07, 6.45) is 3.34. The SMILES string of the molecule is Cc1cccc(C)c1N(C(=O)CNC(=O)NCc1ccncc1)C(C)C. The average molecular weight is 354 g/mol. The highest BCUT2D eigenvalue weighted by atomic mass is 16.2. The van der Waals surface area contributed by atoms with Gasteiger partial charge in [-0.1, -0.05) is 18.2 Å². The minimum absolute atomic E-state index is 0.0102. The van der Waals surface area contributed by atoms with Gasteiger partial charge in [-0.3, -0.25) is 9.78 Å². The molecule has 1 heterocycles. The van der Waals surface area contributed by atoms with Gasteiger partial charge in [0.2, 0.25) is 5.91 Å². The molecule has 0 atom stereocenters. The van der Waals surface area contributed by atoms with Crippen LogP contribution in [0.4, 0.5) is 10.5 Å². The maximum Gasteiger partial charge on any atom is 0.315 e. The Labute approximate surface area is 154 Å². The van der Waals surface area contributed by atoms with Gasteiger partial charge < -0.3 is 15.5 Å². The van der Waals surface area contributed by atoms with E-state index < -0.39 is 0 Å². The van der Waals surface area contributed by atoms with E-state index in [0.29, 0.717) is 6.54 Å². The molecule has 26 heavy (non-hydrogen) atoms. The zero-order chi connectivity index (χ0) is 19.1. The topological polar surface area (TPSA) is 74.3 Å². The van der Waals surface area contributed by atoms with Gasteiger partial charge in [0.1, 0.15) is 0 Å². The molecule has 1 aromatic heterocycles. The van der Waals surface area contributed by atoms with Gasteiger partial charge in [0, 0.05) is 30.7 Å². The molecule has 3 amide bonds. The van der Waals surface area contributed by atoms with Crippen LogP contribution in [0.5, 0.6) is 0 Å². The van der Waals surface area contributed by atoms with Crippen LogP contribution < -0.4 is 15.5 Å². The Morgan fingerprint density at radius 1 is 1.04 bits per heavy atom. The number of benzene rings is 1. The van der Waals surface area contributed by atoms with E-state index in [9.17, 15) is 9.59 Å². The number of hydrogen-bond donors (Lipinski definition) is 2. The second-order valence-electron chi connectivity index (χ2n) is 6.49. The van der Waals surface area contributed by atoms with E-state index in [-0.39, 0.29) is 24.5 Å². The predicted molar refractivity (Wildman–Crippen MR) is 103 cm³/mol. The number of aromatic nitrogens is 1. The fraction of sp³-hybridized carbons (Fsp3) is 0.350. The molecule has 0 aliphatic carbocycles. The molecule has 0 saturated heterocycles. The number of amides is 3. The van der Waals surface area contributed by atoms with Gasteiger partial charge in [-0.05, 0) is 56.5 Å². The molecule has 2 aromatic rings. The molecule has 0 radical (unpaired) electrons. The van der Waals surface area contributed by atoms with Gasteiger partial charge in [0.25, 0.3) is 0 Å². The summed E-state index contributed by atoms with van der Waals surface area (Å²) in [5.41, 5.74) is 3.93. The molecule has 2 rings (SSSR count). The molecule has 6 heteroatoms. The molecule has 0 saturated carbocycles. The van der Waals surface area contributed by atoms with Crippen molar-refractivity contribution in [3.63, 3.8) is 0 Å². The Morgan fingerprint density at radius 2 is 1.65 bits per heavy atom. The summed E-state index contributed by atoms with van der Waals surface area (Å²) in [6, 6.07) is 9.21. The van der Waals surface area contributed by atoms with Crippen molar-refractivity contribution in [2.45, 2.75) is 40.3 Å². The number of carbonyl (C=O) groups is 2. The first-order valence-electron chi connectivity index (χ1n) is 8.69. The van der Waals surface area contributed by atoms with Crippen molar-refractivity contribution < 1.29 is 9.59 Å². The van der Waals surface area contributed by atoms with E-state index in [0.717, 1.165) is 22.4 Å². The highest BCUT2D eigenvalue weighted by molar-refractivity contribution is 5.98. The second kappa shape index (κ2) is 8.99. The summed E-state index contributed by atoms with van der Waals surface area (Å²) >= 11 is 0. The number of rotatable bonds is 6. The largest absolute Gasteiger partial charge is 0.334 e. The normalized spacial score (nSPS) is 10.5. The molecule has 0 aliphatic rings. The third-order valence-electron chi connectivity index (χ3n) is 4.07. The molecule has 6 nitrogen and oxygen atoms in total. The zero-order valence-electron chi connectivity index (χ0n) is 15.7. The summed E-state index contributed by atoms with van der Waals surface area (Å²) in [4.78, 5) is 30.4. The Hall–Kier alpha value is -2.89. The Kier molecular flexibility index (Phi) is 6.72. The van der Waals surface area contributed by atoms with Crippen molar-refractivity contribution in [3.05, 3.63) is 59.4 Å². The van der Waals surface area contributed by atoms with Gasteiger partial charge in [-0.2, -0.15) is 0 Å². The molecule has 138 valence electrons. The number of aryl methyl sites for hydroxylation is 2. The number of pyridine rings is 1. The second-order valence-corrected chi connectivity index (χ2v) is 6.49. The molecule has 0 unspecified atom stereocenters. The van der Waals surface area contributed by atoms with E-state index in [4.69, 9.17) is 0 Å². The summed E-state index contributed by atoms with van der Waals surface area (Å²) in [6.45, 7) is 8.22. The van der Waals surface area contributed by atoms with Crippen molar-refractivity contribution in [2.75, 3.05) is 11.4 Å². The van der Waals surface area contributed by atoms with Crippen molar-refractivity contribution >= 4 is 17.6 Å². The van der Waals surface area contributed by atoms with Crippen molar-refractivity contribution in [3.8, 4) is 0 Å². The van der Waals surface area contributed by atoms with Crippen LogP contribution in [0, 0.1) is 13.8 Å². The van der Waals surface area contributed by atoms with Gasteiger partial charge in [-0.15, -0.1) is 0 Å². The van der Waals surface area contributed by atoms with Crippen molar-refractivity contribution in [2.24, 2.45) is 0 Å². The van der Waals surface area contributed by atoms with Crippen LogP contribution in [0.3, 0.4) is 0 Å². The molecule has 0 aliphatic heterocycles. The fourth-order valence-corrected chi connectivity index (χ4v) is 2.84. The lowest BCUT2D eigenvalue weighted by atomic mass is 10.1. The van der Waals surface area contributed by atoms with Crippen LogP contribution in [-0.4, -0.2) is 29.5 Å². The van der Waals surface area contributed by atoms with E-state index in [2.05, 4.69) is 15.6 Å². The van der Waals surface area contributed by atoms with E-state index in [1.54, 1.807) is 17.3 Å². The first-order chi connectivity index (χ1) is 12.4. The van der Waals surface area contributed by atoms with E-state index in [1.165, 1.54) is 0 Å². The molecule has 0 spiro atoms. The van der Waals surface area contributed by atoms with Gasteiger partial charge in [0.15, 0.2) is 0 Å². The van der Waals surface area contributed by atoms with E-state index in [1.807, 2.05) is 58.0 Å². The lowest BCUT2D eigenvalue weighted by Crippen LogP contribution is -2.46. The predicted octanol–water partition coefficient (Wildman–Crippen LogP) is 2.94. The summed E-state index contributed by atoms with van der Waals surface area (Å²) in [7, 11) is 0. The summed E-state index contributed by atoms with van der Waals surface area (Å²) < 4.78 is 0. The van der Waals surface area contributed by atoms with Gasteiger partial charge >= 0.3 is 6.03 Å². The quantitative estimate of drug-likeness (QED) is 0.837. The lowest BCUT2D eigenvalue weighted by Gasteiger charge is -2.30. The highest BCUT2D eigenvalue weighted by Gasteiger charge is 2.22. The molecule has 1 aromatic carbocycles. The van der Waals surface area contributed by atoms with Crippen LogP contribution >= 0.6 is 0 Å². The third kappa shape index (κ3) is 5.05. The molecule has 0 bridgehead atoms. The van der Waals surface area contributed by atoms with Gasteiger partial charge in [-0.25, -0.2) is 4.79 Å². The summed E-state index contributed by atoms with van der Waals surface area (Å²) in [5.74, 6) is -0.142. The number of nitrogens with zero attached hydrogens (tertiary/aromatic N) is 2. The standard InChI is InChI=1S/C20H26N4O2/c1-14(2)24(19-15(3)6-5-7-16(19)4)18(25)13-23-20(26)22-12-17-8-10-21-11-9-17/h5-11,14H,12-13H2,1-4H3,(H2,22,23,26). The number of urea groups is 1. The number of nitrogens with one attached hydrogen (secondary N) is 2. The lowest BCUT2D eigenvalue weighted by molar-refractivity contribution is -0.118. The first-order valence-corrected chi connectivity index (χ1v) is 8.69. The van der Waals surface area contributed by atoms with E-state index >= 15 is 0 Å². The Bertz CT molecular complexity index is 739. The third-order valence-corrected chi connectivity index (χ3v) is 4.07. The smallest absolute Gasteiger partial charge is 0.315 e. The average Bonchev–Trinajstić information content (AvgIpc) is 2.61. The number of hydrogen-bond acceptors (Lipinski definition) is 3. The minimum atomic E-state index is -0.375. The molecular weight excluding hydrogens is 328 g/mol. The van der Waals surface area contributed by atoms with Gasteiger partial charge in [0.05, 0.1) is 6.54 Å². The van der Waals surface area contributed by atoms with Crippen LogP contribution in [-0.2, 0) is 11.3 Å². The summed E-state index contributed by atoms with van der Waals surface area (Å²) in [5, 5.41) is 5.38. The van der Waals surface area contributed by atoms with Crippen molar-refractivity contribution in [1.82, 2.24) is 15.6 Å². The Balaban J connectivity index is 1.97. The number of carbonyl (C=O) groups excluding carboxylic acids is 2. The van der Waals surface area contributed by atoms with Crippen molar-refractivity contribution in [1.29, 1.82) is 0 Å². The molecule has 0 fully saturated rings. The first kappa shape index (κ1) is 19.4. The number of anilines is 1.